The second-order valence-corrected chi connectivity index (χ2v) is 8.09. The van der Waals surface area contributed by atoms with E-state index in [1.807, 2.05) is 62.4 Å². The summed E-state index contributed by atoms with van der Waals surface area (Å²) in [6.07, 6.45) is 1.10. The summed E-state index contributed by atoms with van der Waals surface area (Å²) in [4.78, 5) is 20.6. The zero-order valence-electron chi connectivity index (χ0n) is 19.3. The van der Waals surface area contributed by atoms with Gasteiger partial charge in [-0.1, -0.05) is 24.3 Å². The number of amides is 1. The molecular formula is C24H34IN5O2. The Morgan fingerprint density at radius 2 is 1.97 bits per heavy atom. The highest BCUT2D eigenvalue weighted by atomic mass is 127. The van der Waals surface area contributed by atoms with E-state index in [4.69, 9.17) is 4.74 Å². The standard InChI is InChI=1S/C24H33N5O2.HI/c1-25-24(29-13-12-20(16-29)19-8-10-22(31-4)11-9-19)26-15-18-6-5-7-21(14-18)27-23(30)17-28(2)3;/h5-11,14,20H,12-13,15-17H2,1-4H3,(H,25,26)(H,27,30);1H. The lowest BCUT2D eigenvalue weighted by atomic mass is 9.98. The Bertz CT molecular complexity index is 902. The van der Waals surface area contributed by atoms with Crippen molar-refractivity contribution in [1.29, 1.82) is 0 Å². The third-order valence-corrected chi connectivity index (χ3v) is 5.41. The number of benzene rings is 2. The van der Waals surface area contributed by atoms with E-state index in [2.05, 4.69) is 32.7 Å². The first-order chi connectivity index (χ1) is 15.0. The van der Waals surface area contributed by atoms with E-state index in [-0.39, 0.29) is 29.9 Å². The van der Waals surface area contributed by atoms with Crippen LogP contribution in [0.2, 0.25) is 0 Å². The van der Waals surface area contributed by atoms with Gasteiger partial charge < -0.3 is 25.2 Å². The number of guanidine groups is 1. The molecule has 0 aliphatic carbocycles. The first kappa shape index (κ1) is 25.9. The van der Waals surface area contributed by atoms with Crippen molar-refractivity contribution in [2.24, 2.45) is 4.99 Å². The Balaban J connectivity index is 0.00000363. The number of methoxy groups -OCH3 is 1. The SMILES string of the molecule is CN=C(NCc1cccc(NC(=O)CN(C)C)c1)N1CCC(c2ccc(OC)cc2)C1.I. The number of hydrogen-bond acceptors (Lipinski definition) is 4. The summed E-state index contributed by atoms with van der Waals surface area (Å²) >= 11 is 0. The molecule has 3 rings (SSSR count). The molecule has 0 radical (unpaired) electrons. The van der Waals surface area contributed by atoms with Crippen LogP contribution in [-0.2, 0) is 11.3 Å². The highest BCUT2D eigenvalue weighted by Gasteiger charge is 2.26. The molecule has 1 unspecified atom stereocenters. The third-order valence-electron chi connectivity index (χ3n) is 5.41. The molecule has 0 spiro atoms. The average Bonchev–Trinajstić information content (AvgIpc) is 3.24. The van der Waals surface area contributed by atoms with E-state index in [1.165, 1.54) is 5.56 Å². The Morgan fingerprint density at radius 3 is 2.62 bits per heavy atom. The van der Waals surface area contributed by atoms with E-state index in [0.717, 1.165) is 42.5 Å². The van der Waals surface area contributed by atoms with E-state index >= 15 is 0 Å². The summed E-state index contributed by atoms with van der Waals surface area (Å²) < 4.78 is 5.26. The van der Waals surface area contributed by atoms with Gasteiger partial charge in [0.25, 0.3) is 0 Å². The van der Waals surface area contributed by atoms with Gasteiger partial charge >= 0.3 is 0 Å². The molecule has 1 atom stereocenters. The van der Waals surface area contributed by atoms with Crippen molar-refractivity contribution in [1.82, 2.24) is 15.1 Å². The number of anilines is 1. The quantitative estimate of drug-likeness (QED) is 0.314. The van der Waals surface area contributed by atoms with E-state index < -0.39 is 0 Å². The van der Waals surface area contributed by atoms with Crippen molar-refractivity contribution < 1.29 is 9.53 Å². The van der Waals surface area contributed by atoms with Crippen LogP contribution in [0, 0.1) is 0 Å². The van der Waals surface area contributed by atoms with Gasteiger partial charge in [0, 0.05) is 38.3 Å². The molecule has 8 heteroatoms. The smallest absolute Gasteiger partial charge is 0.238 e. The molecule has 7 nitrogen and oxygen atoms in total. The Labute approximate surface area is 208 Å². The van der Waals surface area contributed by atoms with Crippen LogP contribution in [0.25, 0.3) is 0 Å². The number of nitrogens with one attached hydrogen (secondary N) is 2. The van der Waals surface area contributed by atoms with Crippen molar-refractivity contribution in [3.63, 3.8) is 0 Å². The van der Waals surface area contributed by atoms with Crippen LogP contribution in [0.4, 0.5) is 5.69 Å². The minimum atomic E-state index is -0.0208. The van der Waals surface area contributed by atoms with Crippen molar-refractivity contribution in [2.45, 2.75) is 18.9 Å². The summed E-state index contributed by atoms with van der Waals surface area (Å²) in [5.74, 6) is 2.25. The van der Waals surface area contributed by atoms with Crippen LogP contribution in [0.15, 0.2) is 53.5 Å². The molecular weight excluding hydrogens is 517 g/mol. The summed E-state index contributed by atoms with van der Waals surface area (Å²) in [5, 5.41) is 6.41. The Kier molecular flexibility index (Phi) is 10.2. The van der Waals surface area contributed by atoms with Crippen molar-refractivity contribution in [3.05, 3.63) is 59.7 Å². The fourth-order valence-electron chi connectivity index (χ4n) is 3.86. The largest absolute Gasteiger partial charge is 0.497 e. The molecule has 1 heterocycles. The number of nitrogens with zero attached hydrogens (tertiary/aromatic N) is 3. The van der Waals surface area contributed by atoms with Gasteiger partial charge in [-0.05, 0) is 55.9 Å². The molecule has 2 N–H and O–H groups in total. The highest BCUT2D eigenvalue weighted by Crippen LogP contribution is 2.28. The minimum Gasteiger partial charge on any atom is -0.497 e. The van der Waals surface area contributed by atoms with Gasteiger partial charge in [-0.25, -0.2) is 0 Å². The maximum absolute atomic E-state index is 12.0. The third kappa shape index (κ3) is 7.37. The van der Waals surface area contributed by atoms with E-state index in [1.54, 1.807) is 7.11 Å². The van der Waals surface area contributed by atoms with Gasteiger partial charge in [0.15, 0.2) is 5.96 Å². The monoisotopic (exact) mass is 551 g/mol. The number of halogens is 1. The molecule has 0 bridgehead atoms. The number of aliphatic imine (C=N–C) groups is 1. The number of ether oxygens (including phenoxy) is 1. The van der Waals surface area contributed by atoms with Gasteiger partial charge in [-0.3, -0.25) is 9.79 Å². The number of carbonyl (C=O) groups excluding carboxylic acids is 1. The summed E-state index contributed by atoms with van der Waals surface area (Å²) in [6.45, 7) is 2.91. The summed E-state index contributed by atoms with van der Waals surface area (Å²) in [6, 6.07) is 16.3. The van der Waals surface area contributed by atoms with Crippen molar-refractivity contribution >= 4 is 41.5 Å². The number of hydrogen-bond donors (Lipinski definition) is 2. The van der Waals surface area contributed by atoms with Crippen LogP contribution in [0.1, 0.15) is 23.5 Å². The van der Waals surface area contributed by atoms with Crippen LogP contribution < -0.4 is 15.4 Å². The van der Waals surface area contributed by atoms with Crippen molar-refractivity contribution in [2.75, 3.05) is 53.2 Å². The Morgan fingerprint density at radius 1 is 1.22 bits per heavy atom. The Hall–Kier alpha value is -2.33. The number of likely N-dealkylation sites (tertiary alicyclic amines) is 1. The lowest BCUT2D eigenvalue weighted by Crippen LogP contribution is -2.39. The van der Waals surface area contributed by atoms with Gasteiger partial charge in [0.1, 0.15) is 5.75 Å². The zero-order chi connectivity index (χ0) is 22.2. The molecule has 1 aliphatic rings. The maximum Gasteiger partial charge on any atom is 0.238 e. The van der Waals surface area contributed by atoms with Gasteiger partial charge in [0.2, 0.25) is 5.91 Å². The van der Waals surface area contributed by atoms with Crippen molar-refractivity contribution in [3.8, 4) is 5.75 Å². The number of likely N-dealkylation sites (N-methyl/N-ethyl adjacent to an activating group) is 1. The van der Waals surface area contributed by atoms with Gasteiger partial charge in [-0.15, -0.1) is 24.0 Å². The maximum atomic E-state index is 12.0. The van der Waals surface area contributed by atoms with E-state index in [0.29, 0.717) is 19.0 Å². The predicted molar refractivity (Wildman–Crippen MR) is 141 cm³/mol. The molecule has 0 saturated carbocycles. The van der Waals surface area contributed by atoms with Gasteiger partial charge in [0.05, 0.1) is 13.7 Å². The van der Waals surface area contributed by atoms with Crippen LogP contribution in [-0.4, -0.2) is 69.6 Å². The summed E-state index contributed by atoms with van der Waals surface area (Å²) in [7, 11) is 7.27. The zero-order valence-corrected chi connectivity index (χ0v) is 21.6. The fourth-order valence-corrected chi connectivity index (χ4v) is 3.86. The molecule has 1 fully saturated rings. The molecule has 2 aromatic rings. The lowest BCUT2D eigenvalue weighted by molar-refractivity contribution is -0.116. The average molecular weight is 551 g/mol. The summed E-state index contributed by atoms with van der Waals surface area (Å²) in [5.41, 5.74) is 3.23. The minimum absolute atomic E-state index is 0. The normalized spacial score (nSPS) is 16.0. The van der Waals surface area contributed by atoms with Crippen LogP contribution in [0.3, 0.4) is 0 Å². The predicted octanol–water partition coefficient (Wildman–Crippen LogP) is 3.38. The molecule has 0 aromatic heterocycles. The lowest BCUT2D eigenvalue weighted by Gasteiger charge is -2.22. The fraction of sp³-hybridized carbons (Fsp3) is 0.417. The number of carbonyl (C=O) groups is 1. The molecule has 174 valence electrons. The second-order valence-electron chi connectivity index (χ2n) is 8.09. The van der Waals surface area contributed by atoms with Crippen LogP contribution >= 0.6 is 24.0 Å². The first-order valence-corrected chi connectivity index (χ1v) is 10.6. The topological polar surface area (TPSA) is 69.2 Å². The highest BCUT2D eigenvalue weighted by molar-refractivity contribution is 14.0. The first-order valence-electron chi connectivity index (χ1n) is 10.6. The van der Waals surface area contributed by atoms with Gasteiger partial charge in [-0.2, -0.15) is 0 Å². The molecule has 1 amide bonds. The van der Waals surface area contributed by atoms with Crippen LogP contribution in [0.5, 0.6) is 5.75 Å². The van der Waals surface area contributed by atoms with E-state index in [9.17, 15) is 4.79 Å². The molecule has 1 saturated heterocycles. The number of rotatable bonds is 7. The molecule has 32 heavy (non-hydrogen) atoms. The second kappa shape index (κ2) is 12.6. The molecule has 1 aliphatic heterocycles. The molecule has 2 aromatic carbocycles.